The molecule has 11 heteroatoms. The van der Waals surface area contributed by atoms with Crippen molar-refractivity contribution in [2.45, 2.75) is 32.2 Å². The first-order valence-corrected chi connectivity index (χ1v) is 11.1. The van der Waals surface area contributed by atoms with Crippen molar-refractivity contribution < 1.29 is 32.1 Å². The van der Waals surface area contributed by atoms with Crippen LogP contribution in [0.5, 0.6) is 11.5 Å². The van der Waals surface area contributed by atoms with Crippen molar-refractivity contribution in [2.75, 3.05) is 44.6 Å². The average molecular weight is 492 g/mol. The summed E-state index contributed by atoms with van der Waals surface area (Å²) in [5.74, 6) is 1.87. The van der Waals surface area contributed by atoms with Crippen molar-refractivity contribution in [3.8, 4) is 11.5 Å². The Bertz CT molecular complexity index is 1200. The van der Waals surface area contributed by atoms with Gasteiger partial charge in [-0.2, -0.15) is 13.2 Å². The van der Waals surface area contributed by atoms with Gasteiger partial charge in [-0.05, 0) is 43.7 Å². The molecule has 0 aliphatic carbocycles. The van der Waals surface area contributed by atoms with E-state index in [4.69, 9.17) is 24.7 Å². The van der Waals surface area contributed by atoms with E-state index in [-0.39, 0.29) is 18.4 Å². The molecule has 0 unspecified atom stereocenters. The van der Waals surface area contributed by atoms with Crippen molar-refractivity contribution in [3.05, 3.63) is 47.3 Å². The van der Waals surface area contributed by atoms with E-state index >= 15 is 0 Å². The van der Waals surface area contributed by atoms with Gasteiger partial charge >= 0.3 is 6.18 Å². The summed E-state index contributed by atoms with van der Waals surface area (Å²) in [5, 5.41) is 3.83. The number of nitrogens with zero attached hydrogens (tertiary/aromatic N) is 2. The van der Waals surface area contributed by atoms with E-state index in [9.17, 15) is 13.2 Å². The number of nitrogens with one attached hydrogen (secondary N) is 1. The second-order valence-electron chi connectivity index (χ2n) is 8.27. The normalized spacial score (nSPS) is 17.3. The summed E-state index contributed by atoms with van der Waals surface area (Å²) in [6.07, 6.45) is -4.71. The number of nitrogens with two attached hydrogens (primary N) is 1. The summed E-state index contributed by atoms with van der Waals surface area (Å²) < 4.78 is 62.3. The molecule has 2 atom stereocenters. The number of fused-ring (bicyclic) bond motifs is 1. The number of alkyl halides is 3. The fraction of sp³-hybridized carbons (Fsp3) is 0.417. The Morgan fingerprint density at radius 3 is 2.63 bits per heavy atom. The SMILES string of the molecule is COc1cc2nc(C)nc(N[C@H](C)c3cc(N)cc(C(F)(F)F)c3)c2cc1OC[C@H]1COCCO1. The molecule has 1 aliphatic heterocycles. The Labute approximate surface area is 200 Å². The van der Waals surface area contributed by atoms with E-state index in [1.54, 1.807) is 26.0 Å². The predicted octanol–water partition coefficient (Wildman–Crippen LogP) is 4.52. The molecule has 1 aromatic heterocycles. The molecule has 4 rings (SSSR count). The molecular weight excluding hydrogens is 465 g/mol. The van der Waals surface area contributed by atoms with Crippen LogP contribution in [-0.4, -0.2) is 49.6 Å². The minimum Gasteiger partial charge on any atom is -0.493 e. The van der Waals surface area contributed by atoms with Crippen LogP contribution in [0.1, 0.15) is 29.9 Å². The first-order chi connectivity index (χ1) is 16.6. The van der Waals surface area contributed by atoms with Gasteiger partial charge in [0.2, 0.25) is 0 Å². The molecule has 1 aliphatic rings. The summed E-state index contributed by atoms with van der Waals surface area (Å²) in [4.78, 5) is 8.97. The largest absolute Gasteiger partial charge is 0.493 e. The van der Waals surface area contributed by atoms with Crippen molar-refractivity contribution in [1.29, 1.82) is 0 Å². The molecule has 35 heavy (non-hydrogen) atoms. The number of hydrogen-bond acceptors (Lipinski definition) is 8. The minimum atomic E-state index is -4.50. The number of hydrogen-bond donors (Lipinski definition) is 2. The van der Waals surface area contributed by atoms with Gasteiger partial charge in [0, 0.05) is 17.1 Å². The van der Waals surface area contributed by atoms with E-state index in [0.29, 0.717) is 59.4 Å². The third-order valence-electron chi connectivity index (χ3n) is 5.56. The molecule has 1 saturated heterocycles. The average Bonchev–Trinajstić information content (AvgIpc) is 2.82. The Kier molecular flexibility index (Phi) is 7.18. The van der Waals surface area contributed by atoms with Crippen LogP contribution in [0, 0.1) is 6.92 Å². The molecule has 0 amide bonds. The van der Waals surface area contributed by atoms with Gasteiger partial charge in [0.05, 0.1) is 44.1 Å². The zero-order chi connectivity index (χ0) is 25.2. The quantitative estimate of drug-likeness (QED) is 0.465. The summed E-state index contributed by atoms with van der Waals surface area (Å²) in [5.41, 5.74) is 5.94. The molecule has 0 saturated carbocycles. The van der Waals surface area contributed by atoms with Crippen molar-refractivity contribution in [3.63, 3.8) is 0 Å². The van der Waals surface area contributed by atoms with Gasteiger partial charge in [0.1, 0.15) is 24.4 Å². The maximum absolute atomic E-state index is 13.3. The number of nitrogen functional groups attached to an aromatic ring is 1. The molecule has 3 aromatic rings. The minimum absolute atomic E-state index is 0.0292. The molecule has 1 fully saturated rings. The molecule has 188 valence electrons. The lowest BCUT2D eigenvalue weighted by Crippen LogP contribution is -2.33. The van der Waals surface area contributed by atoms with Crippen LogP contribution >= 0.6 is 0 Å². The molecule has 0 bridgehead atoms. The first-order valence-electron chi connectivity index (χ1n) is 11.1. The van der Waals surface area contributed by atoms with Gasteiger partial charge in [-0.1, -0.05) is 0 Å². The number of anilines is 2. The van der Waals surface area contributed by atoms with E-state index in [1.807, 2.05) is 0 Å². The number of halogens is 3. The molecule has 0 radical (unpaired) electrons. The Balaban J connectivity index is 1.66. The number of aryl methyl sites for hydroxylation is 1. The number of ether oxygens (including phenoxy) is 4. The highest BCUT2D eigenvalue weighted by molar-refractivity contribution is 5.92. The van der Waals surface area contributed by atoms with Gasteiger partial charge in [-0.15, -0.1) is 0 Å². The third-order valence-corrected chi connectivity index (χ3v) is 5.56. The highest BCUT2D eigenvalue weighted by Crippen LogP contribution is 2.37. The highest BCUT2D eigenvalue weighted by Gasteiger charge is 2.31. The van der Waals surface area contributed by atoms with Gasteiger partial charge in [0.25, 0.3) is 0 Å². The number of benzene rings is 2. The number of aromatic nitrogens is 2. The lowest BCUT2D eigenvalue weighted by atomic mass is 10.0. The first kappa shape index (κ1) is 24.8. The van der Waals surface area contributed by atoms with Gasteiger partial charge in [-0.25, -0.2) is 9.97 Å². The Hall–Kier alpha value is -3.31. The van der Waals surface area contributed by atoms with Crippen LogP contribution in [-0.2, 0) is 15.7 Å². The van der Waals surface area contributed by atoms with Crippen molar-refractivity contribution >= 4 is 22.4 Å². The zero-order valence-electron chi connectivity index (χ0n) is 19.6. The van der Waals surface area contributed by atoms with Crippen molar-refractivity contribution in [2.24, 2.45) is 0 Å². The third kappa shape index (κ3) is 5.85. The monoisotopic (exact) mass is 492 g/mol. The molecule has 0 spiro atoms. The second kappa shape index (κ2) is 10.1. The topological polar surface area (TPSA) is 101 Å². The fourth-order valence-corrected chi connectivity index (χ4v) is 3.83. The molecular formula is C24H27F3N4O4. The van der Waals surface area contributed by atoms with Gasteiger partial charge in [0.15, 0.2) is 11.5 Å². The van der Waals surface area contributed by atoms with Crippen LogP contribution in [0.15, 0.2) is 30.3 Å². The van der Waals surface area contributed by atoms with Gasteiger partial charge < -0.3 is 30.0 Å². The van der Waals surface area contributed by atoms with Crippen LogP contribution in [0.2, 0.25) is 0 Å². The van der Waals surface area contributed by atoms with E-state index in [2.05, 4.69) is 15.3 Å². The summed E-state index contributed by atoms with van der Waals surface area (Å²) >= 11 is 0. The number of methoxy groups -OCH3 is 1. The van der Waals surface area contributed by atoms with Gasteiger partial charge in [-0.3, -0.25) is 0 Å². The van der Waals surface area contributed by atoms with Crippen molar-refractivity contribution in [1.82, 2.24) is 9.97 Å². The summed E-state index contributed by atoms with van der Waals surface area (Å²) in [7, 11) is 1.53. The highest BCUT2D eigenvalue weighted by atomic mass is 19.4. The van der Waals surface area contributed by atoms with E-state index in [0.717, 1.165) is 12.1 Å². The maximum Gasteiger partial charge on any atom is 0.416 e. The predicted molar refractivity (Wildman–Crippen MR) is 125 cm³/mol. The molecule has 8 nitrogen and oxygen atoms in total. The van der Waals surface area contributed by atoms with Crippen LogP contribution in [0.25, 0.3) is 10.9 Å². The second-order valence-corrected chi connectivity index (χ2v) is 8.27. The van der Waals surface area contributed by atoms with E-state index in [1.165, 1.54) is 13.2 Å². The molecule has 2 aromatic carbocycles. The zero-order valence-corrected chi connectivity index (χ0v) is 19.6. The lowest BCUT2D eigenvalue weighted by molar-refractivity contribution is -0.137. The standard InChI is InChI=1S/C24H27F3N4O4/c1-13(15-6-16(24(25,26)27)8-17(28)7-15)29-23-19-9-22(35-12-18-11-33-4-5-34-18)21(32-3)10-20(19)30-14(2)31-23/h6-10,13,18H,4-5,11-12,28H2,1-3H3,(H,29,30,31)/t13-,18-/m1/s1. The smallest absolute Gasteiger partial charge is 0.416 e. The van der Waals surface area contributed by atoms with Crippen LogP contribution in [0.4, 0.5) is 24.7 Å². The Morgan fingerprint density at radius 2 is 1.94 bits per heavy atom. The summed E-state index contributed by atoms with van der Waals surface area (Å²) in [6, 6.07) is 6.44. The Morgan fingerprint density at radius 1 is 1.14 bits per heavy atom. The molecule has 2 heterocycles. The summed E-state index contributed by atoms with van der Waals surface area (Å²) in [6.45, 7) is 5.22. The van der Waals surface area contributed by atoms with Crippen LogP contribution in [0.3, 0.4) is 0 Å². The lowest BCUT2D eigenvalue weighted by Gasteiger charge is -2.23. The molecule has 3 N–H and O–H groups in total. The van der Waals surface area contributed by atoms with E-state index < -0.39 is 17.8 Å². The maximum atomic E-state index is 13.3. The number of rotatable bonds is 7. The van der Waals surface area contributed by atoms with Crippen LogP contribution < -0.4 is 20.5 Å². The fourth-order valence-electron chi connectivity index (χ4n) is 3.83.